The summed E-state index contributed by atoms with van der Waals surface area (Å²) in [6, 6.07) is 0.921. The normalized spacial score (nSPS) is 10.7. The van der Waals surface area contributed by atoms with Crippen LogP contribution in [0.5, 0.6) is 0 Å². The van der Waals surface area contributed by atoms with Crippen molar-refractivity contribution < 1.29 is 23.1 Å². The Labute approximate surface area is 96.5 Å². The summed E-state index contributed by atoms with van der Waals surface area (Å²) in [5.74, 6) is -2.34. The predicted octanol–water partition coefficient (Wildman–Crippen LogP) is 2.39. The quantitative estimate of drug-likeness (QED) is 0.684. The van der Waals surface area contributed by atoms with Gasteiger partial charge in [-0.3, -0.25) is 4.79 Å². The van der Waals surface area contributed by atoms with Gasteiger partial charge in [0.15, 0.2) is 0 Å². The Morgan fingerprint density at radius 1 is 1.60 bits per heavy atom. The summed E-state index contributed by atoms with van der Waals surface area (Å²) in [4.78, 5) is 13.8. The first-order chi connectivity index (χ1) is 6.91. The SMILES string of the molecule is O=C(O)Cc1c(F)cc(I)nc1C(F)F. The van der Waals surface area contributed by atoms with Crippen molar-refractivity contribution in [2.75, 3.05) is 0 Å². The van der Waals surface area contributed by atoms with E-state index in [2.05, 4.69) is 4.98 Å². The summed E-state index contributed by atoms with van der Waals surface area (Å²) in [6.07, 6.45) is -3.78. The maximum atomic E-state index is 13.2. The van der Waals surface area contributed by atoms with Gasteiger partial charge in [0.2, 0.25) is 0 Å². The second-order valence-electron chi connectivity index (χ2n) is 2.66. The van der Waals surface area contributed by atoms with Gasteiger partial charge in [-0.2, -0.15) is 0 Å². The Hall–Kier alpha value is -0.860. The maximum absolute atomic E-state index is 13.2. The number of alkyl halides is 2. The summed E-state index contributed by atoms with van der Waals surface area (Å²) in [5.41, 5.74) is -1.36. The van der Waals surface area contributed by atoms with E-state index in [1.807, 2.05) is 0 Å². The number of carboxylic acids is 1. The van der Waals surface area contributed by atoms with Crippen LogP contribution in [0, 0.1) is 9.52 Å². The van der Waals surface area contributed by atoms with Crippen LogP contribution in [0.1, 0.15) is 17.7 Å². The maximum Gasteiger partial charge on any atom is 0.308 e. The van der Waals surface area contributed by atoms with E-state index in [0.29, 0.717) is 0 Å². The molecule has 0 spiro atoms. The largest absolute Gasteiger partial charge is 0.481 e. The van der Waals surface area contributed by atoms with Crippen LogP contribution in [-0.4, -0.2) is 16.1 Å². The van der Waals surface area contributed by atoms with E-state index in [-0.39, 0.29) is 3.70 Å². The number of nitrogens with zero attached hydrogens (tertiary/aromatic N) is 1. The monoisotopic (exact) mass is 331 g/mol. The van der Waals surface area contributed by atoms with Crippen LogP contribution in [0.4, 0.5) is 13.2 Å². The van der Waals surface area contributed by atoms with Gasteiger partial charge in [0.25, 0.3) is 6.43 Å². The smallest absolute Gasteiger partial charge is 0.308 e. The average molecular weight is 331 g/mol. The number of pyridine rings is 1. The van der Waals surface area contributed by atoms with Crippen LogP contribution in [0.2, 0.25) is 0 Å². The molecular weight excluding hydrogens is 326 g/mol. The van der Waals surface area contributed by atoms with E-state index in [1.165, 1.54) is 0 Å². The van der Waals surface area contributed by atoms with Gasteiger partial charge < -0.3 is 5.11 Å². The molecule has 0 amide bonds. The molecule has 0 radical (unpaired) electrons. The van der Waals surface area contributed by atoms with Crippen molar-refractivity contribution in [3.8, 4) is 0 Å². The molecule has 0 unspecified atom stereocenters. The Bertz CT molecular complexity index is 398. The lowest BCUT2D eigenvalue weighted by Crippen LogP contribution is -2.09. The topological polar surface area (TPSA) is 50.2 Å². The zero-order valence-electron chi connectivity index (χ0n) is 7.18. The Balaban J connectivity index is 3.26. The van der Waals surface area contributed by atoms with Gasteiger partial charge in [-0.25, -0.2) is 18.2 Å². The lowest BCUT2D eigenvalue weighted by atomic mass is 10.1. The zero-order chi connectivity index (χ0) is 11.6. The van der Waals surface area contributed by atoms with Crippen molar-refractivity contribution in [3.05, 3.63) is 26.8 Å². The summed E-state index contributed by atoms with van der Waals surface area (Å²) in [6.45, 7) is 0. The van der Waals surface area contributed by atoms with Crippen molar-refractivity contribution in [1.82, 2.24) is 4.98 Å². The fraction of sp³-hybridized carbons (Fsp3) is 0.250. The van der Waals surface area contributed by atoms with E-state index in [1.54, 1.807) is 22.6 Å². The van der Waals surface area contributed by atoms with E-state index in [9.17, 15) is 18.0 Å². The highest BCUT2D eigenvalue weighted by Gasteiger charge is 2.21. The molecule has 1 aromatic rings. The fourth-order valence-corrected chi connectivity index (χ4v) is 1.57. The molecule has 7 heteroatoms. The highest BCUT2D eigenvalue weighted by molar-refractivity contribution is 14.1. The van der Waals surface area contributed by atoms with Crippen LogP contribution in [-0.2, 0) is 11.2 Å². The fourth-order valence-electron chi connectivity index (χ4n) is 1.04. The van der Waals surface area contributed by atoms with Crippen LogP contribution >= 0.6 is 22.6 Å². The standard InChI is InChI=1S/C8H5F3INO2/c9-4-2-5(12)13-7(8(10)11)3(4)1-6(14)15/h2,8H,1H2,(H,14,15). The first-order valence-corrected chi connectivity index (χ1v) is 4.84. The van der Waals surface area contributed by atoms with E-state index < -0.39 is 35.9 Å². The Morgan fingerprint density at radius 3 is 2.67 bits per heavy atom. The molecule has 1 N–H and O–H groups in total. The number of halogens is 4. The molecule has 82 valence electrons. The van der Waals surface area contributed by atoms with Crippen molar-refractivity contribution in [2.24, 2.45) is 0 Å². The Morgan fingerprint density at radius 2 is 2.20 bits per heavy atom. The zero-order valence-corrected chi connectivity index (χ0v) is 9.33. The van der Waals surface area contributed by atoms with Crippen LogP contribution in [0.3, 0.4) is 0 Å². The summed E-state index contributed by atoms with van der Waals surface area (Å²) in [5, 5.41) is 8.43. The van der Waals surface area contributed by atoms with Gasteiger partial charge in [-0.15, -0.1) is 0 Å². The van der Waals surface area contributed by atoms with Crippen molar-refractivity contribution in [1.29, 1.82) is 0 Å². The van der Waals surface area contributed by atoms with Gasteiger partial charge in [0.1, 0.15) is 15.2 Å². The third kappa shape index (κ3) is 3.05. The molecule has 0 atom stereocenters. The van der Waals surface area contributed by atoms with E-state index >= 15 is 0 Å². The summed E-state index contributed by atoms with van der Waals surface area (Å²) < 4.78 is 38.1. The van der Waals surface area contributed by atoms with Crippen LogP contribution < -0.4 is 0 Å². The number of hydrogen-bond donors (Lipinski definition) is 1. The first-order valence-electron chi connectivity index (χ1n) is 3.76. The summed E-state index contributed by atoms with van der Waals surface area (Å²) >= 11 is 1.58. The molecule has 0 aromatic carbocycles. The molecule has 0 aliphatic rings. The molecule has 1 heterocycles. The first kappa shape index (κ1) is 12.2. The molecule has 0 fully saturated rings. The molecule has 0 saturated carbocycles. The second-order valence-corrected chi connectivity index (χ2v) is 3.77. The number of carboxylic acid groups (broad SMARTS) is 1. The molecule has 1 rings (SSSR count). The third-order valence-electron chi connectivity index (χ3n) is 1.61. The molecule has 3 nitrogen and oxygen atoms in total. The average Bonchev–Trinajstić information content (AvgIpc) is 2.08. The number of hydrogen-bond acceptors (Lipinski definition) is 2. The second kappa shape index (κ2) is 4.77. The van der Waals surface area contributed by atoms with E-state index in [4.69, 9.17) is 5.11 Å². The third-order valence-corrected chi connectivity index (χ3v) is 2.16. The molecule has 0 bridgehead atoms. The molecule has 0 saturated heterocycles. The lowest BCUT2D eigenvalue weighted by Gasteiger charge is -2.07. The minimum Gasteiger partial charge on any atom is -0.481 e. The Kier molecular flexibility index (Phi) is 3.89. The molecule has 1 aromatic heterocycles. The molecule has 0 aliphatic carbocycles. The number of carbonyl (C=O) groups is 1. The van der Waals surface area contributed by atoms with E-state index in [0.717, 1.165) is 6.07 Å². The highest BCUT2D eigenvalue weighted by atomic mass is 127. The van der Waals surface area contributed by atoms with Crippen LogP contribution in [0.25, 0.3) is 0 Å². The minimum absolute atomic E-state index is 0.0644. The number of aliphatic carboxylic acids is 1. The summed E-state index contributed by atoms with van der Waals surface area (Å²) in [7, 11) is 0. The van der Waals surface area contributed by atoms with Gasteiger partial charge >= 0.3 is 5.97 Å². The van der Waals surface area contributed by atoms with Crippen molar-refractivity contribution >= 4 is 28.6 Å². The molecule has 15 heavy (non-hydrogen) atoms. The van der Waals surface area contributed by atoms with Gasteiger partial charge in [-0.05, 0) is 22.6 Å². The van der Waals surface area contributed by atoms with Gasteiger partial charge in [-0.1, -0.05) is 0 Å². The van der Waals surface area contributed by atoms with Crippen molar-refractivity contribution in [3.63, 3.8) is 0 Å². The highest BCUT2D eigenvalue weighted by Crippen LogP contribution is 2.24. The van der Waals surface area contributed by atoms with Gasteiger partial charge in [0.05, 0.1) is 6.42 Å². The van der Waals surface area contributed by atoms with Crippen LogP contribution in [0.15, 0.2) is 6.07 Å². The number of rotatable bonds is 3. The molecule has 0 aliphatic heterocycles. The number of aromatic nitrogens is 1. The predicted molar refractivity (Wildman–Crippen MR) is 53.2 cm³/mol. The lowest BCUT2D eigenvalue weighted by molar-refractivity contribution is -0.136. The van der Waals surface area contributed by atoms with Gasteiger partial charge in [0, 0.05) is 11.6 Å². The minimum atomic E-state index is -2.98. The van der Waals surface area contributed by atoms with Crippen molar-refractivity contribution in [2.45, 2.75) is 12.8 Å². The molecular formula is C8H5F3INO2.